The molecule has 1 nitrogen and oxygen atoms in total. The molecule has 0 amide bonds. The number of hydrogen-bond acceptors (Lipinski definition) is 1. The van der Waals surface area contributed by atoms with Crippen molar-refractivity contribution >= 4 is 24.2 Å². The first-order valence-electron chi connectivity index (χ1n) is 7.14. The summed E-state index contributed by atoms with van der Waals surface area (Å²) in [6.07, 6.45) is 3.80. The molecule has 0 saturated heterocycles. The van der Waals surface area contributed by atoms with E-state index in [1.807, 2.05) is 0 Å². The number of hydrogen-bond donors (Lipinski definition) is 0. The van der Waals surface area contributed by atoms with E-state index in [9.17, 15) is 0 Å². The van der Waals surface area contributed by atoms with Crippen molar-refractivity contribution in [3.63, 3.8) is 0 Å². The third-order valence-electron chi connectivity index (χ3n) is 4.62. The second kappa shape index (κ2) is 5.34. The van der Waals surface area contributed by atoms with E-state index < -0.39 is 8.32 Å². The lowest BCUT2D eigenvalue weighted by Crippen LogP contribution is -2.45. The quantitative estimate of drug-likeness (QED) is 0.661. The molecule has 1 aromatic carbocycles. The number of aryl methyl sites for hydroxylation is 1. The maximum Gasteiger partial charge on any atom is 0.192 e. The van der Waals surface area contributed by atoms with Crippen LogP contribution in [-0.2, 0) is 17.3 Å². The molecule has 1 aromatic rings. The fraction of sp³-hybridized carbons (Fsp3) is 0.625. The van der Waals surface area contributed by atoms with Crippen LogP contribution in [0.25, 0.3) is 0 Å². The maximum atomic E-state index is 6.56. The minimum absolute atomic E-state index is 0.299. The van der Waals surface area contributed by atoms with Crippen molar-refractivity contribution in [1.82, 2.24) is 0 Å². The molecule has 1 atom stereocenters. The van der Waals surface area contributed by atoms with E-state index >= 15 is 0 Å². The SMILES string of the molecule is CC(C)(C)[Si](C)(C)O[C@@H]1CCc2cc(Br)ccc2C1. The summed E-state index contributed by atoms with van der Waals surface area (Å²) in [6.45, 7) is 11.6. The van der Waals surface area contributed by atoms with E-state index in [1.165, 1.54) is 15.6 Å². The highest BCUT2D eigenvalue weighted by molar-refractivity contribution is 9.10. The molecule has 0 fully saturated rings. The molecule has 0 aliphatic heterocycles. The standard InChI is InChI=1S/C16H25BrOSi/c1-16(2,3)19(4,5)18-15-9-7-12-10-14(17)8-6-13(12)11-15/h6,8,10,15H,7,9,11H2,1-5H3/t15-/m1/s1. The summed E-state index contributed by atoms with van der Waals surface area (Å²) in [5.41, 5.74) is 2.96. The molecule has 3 heteroatoms. The average molecular weight is 341 g/mol. The predicted octanol–water partition coefficient (Wildman–Crippen LogP) is 5.33. The number of fused-ring (bicyclic) bond motifs is 1. The van der Waals surface area contributed by atoms with Gasteiger partial charge in [-0.3, -0.25) is 0 Å². The van der Waals surface area contributed by atoms with Crippen LogP contribution in [0, 0.1) is 0 Å². The van der Waals surface area contributed by atoms with Crippen molar-refractivity contribution in [2.75, 3.05) is 0 Å². The number of benzene rings is 1. The molecule has 0 spiro atoms. The minimum Gasteiger partial charge on any atom is -0.414 e. The zero-order valence-corrected chi connectivity index (χ0v) is 15.3. The van der Waals surface area contributed by atoms with Crippen molar-refractivity contribution in [3.05, 3.63) is 33.8 Å². The number of halogens is 1. The Hall–Kier alpha value is -0.123. The molecule has 2 rings (SSSR count). The first-order chi connectivity index (χ1) is 8.69. The van der Waals surface area contributed by atoms with Crippen molar-refractivity contribution in [3.8, 4) is 0 Å². The Morgan fingerprint density at radius 2 is 1.89 bits per heavy atom. The highest BCUT2D eigenvalue weighted by atomic mass is 79.9. The van der Waals surface area contributed by atoms with Crippen LogP contribution in [0.2, 0.25) is 18.1 Å². The fourth-order valence-corrected chi connectivity index (χ4v) is 4.18. The Bertz CT molecular complexity index is 462. The van der Waals surface area contributed by atoms with Crippen LogP contribution < -0.4 is 0 Å². The molecule has 0 saturated carbocycles. The molecule has 106 valence electrons. The summed E-state index contributed by atoms with van der Waals surface area (Å²) < 4.78 is 7.75. The predicted molar refractivity (Wildman–Crippen MR) is 88.2 cm³/mol. The summed E-state index contributed by atoms with van der Waals surface area (Å²) in [5, 5.41) is 0.299. The van der Waals surface area contributed by atoms with E-state index in [-0.39, 0.29) is 0 Å². The van der Waals surface area contributed by atoms with Crippen LogP contribution in [-0.4, -0.2) is 14.4 Å². The summed E-state index contributed by atoms with van der Waals surface area (Å²) in [6, 6.07) is 6.66. The molecule has 0 bridgehead atoms. The van der Waals surface area contributed by atoms with Crippen LogP contribution in [0.1, 0.15) is 38.3 Å². The van der Waals surface area contributed by atoms with Gasteiger partial charge in [0.25, 0.3) is 0 Å². The third kappa shape index (κ3) is 3.50. The van der Waals surface area contributed by atoms with Crippen LogP contribution in [0.3, 0.4) is 0 Å². The van der Waals surface area contributed by atoms with Crippen LogP contribution in [0.5, 0.6) is 0 Å². The van der Waals surface area contributed by atoms with Crippen molar-refractivity contribution < 1.29 is 4.43 Å². The zero-order valence-electron chi connectivity index (χ0n) is 12.7. The highest BCUT2D eigenvalue weighted by Crippen LogP contribution is 2.39. The molecule has 0 N–H and O–H groups in total. The Balaban J connectivity index is 2.09. The van der Waals surface area contributed by atoms with Crippen molar-refractivity contribution in [1.29, 1.82) is 0 Å². The minimum atomic E-state index is -1.63. The average Bonchev–Trinajstić information content (AvgIpc) is 2.27. The molecule has 0 radical (unpaired) electrons. The molecular formula is C16H25BrOSi. The van der Waals surface area contributed by atoms with E-state index in [1.54, 1.807) is 0 Å². The van der Waals surface area contributed by atoms with Gasteiger partial charge in [-0.05, 0) is 60.7 Å². The molecule has 1 aliphatic carbocycles. The lowest BCUT2D eigenvalue weighted by Gasteiger charge is -2.40. The van der Waals surface area contributed by atoms with Gasteiger partial charge in [0.05, 0.1) is 0 Å². The normalized spacial score (nSPS) is 20.2. The second-order valence-corrected chi connectivity index (χ2v) is 12.8. The van der Waals surface area contributed by atoms with Gasteiger partial charge in [-0.2, -0.15) is 0 Å². The van der Waals surface area contributed by atoms with Gasteiger partial charge in [0.1, 0.15) is 0 Å². The van der Waals surface area contributed by atoms with Gasteiger partial charge in [-0.25, -0.2) is 0 Å². The number of rotatable bonds is 2. The van der Waals surface area contributed by atoms with Gasteiger partial charge in [0, 0.05) is 10.6 Å². The van der Waals surface area contributed by atoms with Crippen molar-refractivity contribution in [2.45, 2.75) is 64.3 Å². The lowest BCUT2D eigenvalue weighted by atomic mass is 9.90. The van der Waals surface area contributed by atoms with Gasteiger partial charge < -0.3 is 4.43 Å². The monoisotopic (exact) mass is 340 g/mol. The molecule has 0 aromatic heterocycles. The summed E-state index contributed by atoms with van der Waals surface area (Å²) >= 11 is 3.56. The topological polar surface area (TPSA) is 9.23 Å². The summed E-state index contributed by atoms with van der Waals surface area (Å²) in [7, 11) is -1.63. The van der Waals surface area contributed by atoms with Gasteiger partial charge in [-0.15, -0.1) is 0 Å². The molecule has 0 unspecified atom stereocenters. The van der Waals surface area contributed by atoms with Gasteiger partial charge >= 0.3 is 0 Å². The van der Waals surface area contributed by atoms with Crippen LogP contribution in [0.4, 0.5) is 0 Å². The van der Waals surface area contributed by atoms with Gasteiger partial charge in [0.15, 0.2) is 8.32 Å². The van der Waals surface area contributed by atoms with Crippen LogP contribution in [0.15, 0.2) is 22.7 Å². The first kappa shape index (κ1) is 15.3. The molecule has 0 heterocycles. The van der Waals surface area contributed by atoms with E-state index in [4.69, 9.17) is 4.43 Å². The molecule has 19 heavy (non-hydrogen) atoms. The Morgan fingerprint density at radius 3 is 2.53 bits per heavy atom. The van der Waals surface area contributed by atoms with E-state index in [0.29, 0.717) is 11.1 Å². The zero-order chi connectivity index (χ0) is 14.3. The first-order valence-corrected chi connectivity index (χ1v) is 10.8. The second-order valence-electron chi connectivity index (χ2n) is 7.16. The van der Waals surface area contributed by atoms with Gasteiger partial charge in [-0.1, -0.05) is 42.8 Å². The largest absolute Gasteiger partial charge is 0.414 e. The Labute approximate surface area is 127 Å². The Morgan fingerprint density at radius 1 is 1.21 bits per heavy atom. The smallest absolute Gasteiger partial charge is 0.192 e. The summed E-state index contributed by atoms with van der Waals surface area (Å²) in [4.78, 5) is 0. The van der Waals surface area contributed by atoms with E-state index in [2.05, 4.69) is 68.0 Å². The third-order valence-corrected chi connectivity index (χ3v) is 9.65. The van der Waals surface area contributed by atoms with Crippen LogP contribution >= 0.6 is 15.9 Å². The van der Waals surface area contributed by atoms with Crippen molar-refractivity contribution in [2.24, 2.45) is 0 Å². The van der Waals surface area contributed by atoms with E-state index in [0.717, 1.165) is 19.3 Å². The molecular weight excluding hydrogens is 316 g/mol. The maximum absolute atomic E-state index is 6.56. The fourth-order valence-electron chi connectivity index (χ4n) is 2.38. The highest BCUT2D eigenvalue weighted by Gasteiger charge is 2.39. The Kier molecular flexibility index (Phi) is 4.29. The lowest BCUT2D eigenvalue weighted by molar-refractivity contribution is 0.165. The van der Waals surface area contributed by atoms with Gasteiger partial charge in [0.2, 0.25) is 0 Å². The summed E-state index contributed by atoms with van der Waals surface area (Å²) in [5.74, 6) is 0. The molecule has 1 aliphatic rings.